The molecule has 1 aromatic heterocycles. The fourth-order valence-electron chi connectivity index (χ4n) is 2.13. The second-order valence-electron chi connectivity index (χ2n) is 4.92. The number of aromatic nitrogens is 2. The van der Waals surface area contributed by atoms with Crippen molar-refractivity contribution in [2.24, 2.45) is 5.73 Å². The molecule has 3 N–H and O–H groups in total. The number of aliphatic carboxylic acids is 1. The maximum absolute atomic E-state index is 11.0. The van der Waals surface area contributed by atoms with Crippen LogP contribution in [0.15, 0.2) is 30.6 Å². The van der Waals surface area contributed by atoms with Gasteiger partial charge in [-0.05, 0) is 32.4 Å². The van der Waals surface area contributed by atoms with E-state index < -0.39 is 11.5 Å². The van der Waals surface area contributed by atoms with Crippen molar-refractivity contribution >= 4 is 17.0 Å². The summed E-state index contributed by atoms with van der Waals surface area (Å²) in [5.41, 5.74) is 6.44. The summed E-state index contributed by atoms with van der Waals surface area (Å²) in [5.74, 6) is -0.987. The third-order valence-corrected chi connectivity index (χ3v) is 3.16. The van der Waals surface area contributed by atoms with Gasteiger partial charge in [0.15, 0.2) is 0 Å². The average Bonchev–Trinajstić information content (AvgIpc) is 2.71. The average molecular weight is 247 g/mol. The quantitative estimate of drug-likeness (QED) is 0.863. The van der Waals surface area contributed by atoms with E-state index in [-0.39, 0.29) is 6.04 Å². The van der Waals surface area contributed by atoms with Crippen molar-refractivity contribution in [2.75, 3.05) is 0 Å². The minimum absolute atomic E-state index is 0.0245. The summed E-state index contributed by atoms with van der Waals surface area (Å²) in [5, 5.41) is 9.05. The lowest BCUT2D eigenvalue weighted by Gasteiger charge is -2.24. The largest absolute Gasteiger partial charge is 0.480 e. The van der Waals surface area contributed by atoms with E-state index in [2.05, 4.69) is 4.98 Å². The first-order chi connectivity index (χ1) is 8.42. The molecule has 2 atom stereocenters. The maximum Gasteiger partial charge on any atom is 0.323 e. The van der Waals surface area contributed by atoms with Gasteiger partial charge in [0, 0.05) is 6.04 Å². The first-order valence-electron chi connectivity index (χ1n) is 5.85. The number of carboxylic acid groups (broad SMARTS) is 1. The molecule has 96 valence electrons. The number of para-hydroxylation sites is 2. The van der Waals surface area contributed by atoms with Crippen molar-refractivity contribution in [3.8, 4) is 0 Å². The third kappa shape index (κ3) is 2.22. The van der Waals surface area contributed by atoms with E-state index in [4.69, 9.17) is 10.8 Å². The Morgan fingerprint density at radius 1 is 1.56 bits per heavy atom. The van der Waals surface area contributed by atoms with E-state index >= 15 is 0 Å². The van der Waals surface area contributed by atoms with E-state index in [1.807, 2.05) is 35.8 Å². The van der Waals surface area contributed by atoms with Gasteiger partial charge in [-0.2, -0.15) is 0 Å². The second kappa shape index (κ2) is 4.42. The monoisotopic (exact) mass is 247 g/mol. The Balaban J connectivity index is 2.29. The molecule has 0 aliphatic carbocycles. The summed E-state index contributed by atoms with van der Waals surface area (Å²) in [6, 6.07) is 7.73. The van der Waals surface area contributed by atoms with Gasteiger partial charge in [0.1, 0.15) is 5.54 Å². The Morgan fingerprint density at radius 2 is 2.22 bits per heavy atom. The molecule has 2 unspecified atom stereocenters. The van der Waals surface area contributed by atoms with Crippen molar-refractivity contribution in [3.05, 3.63) is 30.6 Å². The standard InChI is InChI=1S/C13H17N3O2/c1-9(7-13(2,14)12(17)18)16-8-15-10-5-3-4-6-11(10)16/h3-6,8-9H,7,14H2,1-2H3,(H,17,18). The molecule has 1 aromatic carbocycles. The maximum atomic E-state index is 11.0. The number of nitrogens with zero attached hydrogens (tertiary/aromatic N) is 2. The van der Waals surface area contributed by atoms with Crippen molar-refractivity contribution < 1.29 is 9.90 Å². The van der Waals surface area contributed by atoms with Gasteiger partial charge in [0.05, 0.1) is 17.4 Å². The highest BCUT2D eigenvalue weighted by molar-refractivity contribution is 5.78. The Bertz CT molecular complexity index is 574. The van der Waals surface area contributed by atoms with Gasteiger partial charge >= 0.3 is 5.97 Å². The molecule has 0 radical (unpaired) electrons. The highest BCUT2D eigenvalue weighted by atomic mass is 16.4. The zero-order valence-corrected chi connectivity index (χ0v) is 10.5. The normalized spacial score (nSPS) is 16.4. The van der Waals surface area contributed by atoms with Gasteiger partial charge in [-0.3, -0.25) is 4.79 Å². The van der Waals surface area contributed by atoms with Gasteiger partial charge < -0.3 is 15.4 Å². The van der Waals surface area contributed by atoms with Crippen LogP contribution < -0.4 is 5.73 Å². The van der Waals surface area contributed by atoms with Crippen LogP contribution in [0.2, 0.25) is 0 Å². The lowest BCUT2D eigenvalue weighted by molar-refractivity contribution is -0.143. The van der Waals surface area contributed by atoms with E-state index in [1.165, 1.54) is 6.92 Å². The summed E-state index contributed by atoms with van der Waals surface area (Å²) in [4.78, 5) is 15.3. The fourth-order valence-corrected chi connectivity index (χ4v) is 2.13. The number of carbonyl (C=O) groups is 1. The topological polar surface area (TPSA) is 81.1 Å². The lowest BCUT2D eigenvalue weighted by Crippen LogP contribution is -2.46. The fraction of sp³-hybridized carbons (Fsp3) is 0.385. The Kier molecular flexibility index (Phi) is 3.09. The summed E-state index contributed by atoms with van der Waals surface area (Å²) in [7, 11) is 0. The van der Waals surface area contributed by atoms with Crippen LogP contribution in [0.3, 0.4) is 0 Å². The molecule has 0 fully saturated rings. The minimum atomic E-state index is -1.23. The highest BCUT2D eigenvalue weighted by Crippen LogP contribution is 2.23. The van der Waals surface area contributed by atoms with Crippen LogP contribution in [0.25, 0.3) is 11.0 Å². The summed E-state index contributed by atoms with van der Waals surface area (Å²) in [6.45, 7) is 3.48. The van der Waals surface area contributed by atoms with E-state index in [0.717, 1.165) is 11.0 Å². The van der Waals surface area contributed by atoms with Crippen LogP contribution in [-0.2, 0) is 4.79 Å². The summed E-state index contributed by atoms with van der Waals surface area (Å²) < 4.78 is 1.96. The second-order valence-corrected chi connectivity index (χ2v) is 4.92. The molecule has 5 heteroatoms. The Hall–Kier alpha value is -1.88. The molecule has 0 amide bonds. The first kappa shape index (κ1) is 12.6. The van der Waals surface area contributed by atoms with Crippen LogP contribution >= 0.6 is 0 Å². The molecule has 0 aliphatic heterocycles. The van der Waals surface area contributed by atoms with Crippen LogP contribution in [0.1, 0.15) is 26.3 Å². The molecule has 0 saturated carbocycles. The number of rotatable bonds is 4. The number of carboxylic acids is 1. The predicted octanol–water partition coefficient (Wildman–Crippen LogP) is 1.79. The van der Waals surface area contributed by atoms with E-state index in [1.54, 1.807) is 6.33 Å². The smallest absolute Gasteiger partial charge is 0.323 e. The molecule has 0 spiro atoms. The van der Waals surface area contributed by atoms with Crippen molar-refractivity contribution in [3.63, 3.8) is 0 Å². The zero-order valence-electron chi connectivity index (χ0n) is 10.5. The molecule has 5 nitrogen and oxygen atoms in total. The van der Waals surface area contributed by atoms with Gasteiger partial charge in [-0.1, -0.05) is 12.1 Å². The van der Waals surface area contributed by atoms with Crippen molar-refractivity contribution in [1.82, 2.24) is 9.55 Å². The Labute approximate surface area is 105 Å². The zero-order chi connectivity index (χ0) is 13.3. The molecule has 2 rings (SSSR count). The highest BCUT2D eigenvalue weighted by Gasteiger charge is 2.30. The van der Waals surface area contributed by atoms with Gasteiger partial charge in [0.2, 0.25) is 0 Å². The van der Waals surface area contributed by atoms with E-state index in [9.17, 15) is 4.79 Å². The van der Waals surface area contributed by atoms with Crippen LogP contribution in [0, 0.1) is 0 Å². The molecule has 0 bridgehead atoms. The number of hydrogen-bond acceptors (Lipinski definition) is 3. The van der Waals surface area contributed by atoms with Crippen LogP contribution in [0.5, 0.6) is 0 Å². The Morgan fingerprint density at radius 3 is 2.89 bits per heavy atom. The van der Waals surface area contributed by atoms with Crippen molar-refractivity contribution in [2.45, 2.75) is 31.8 Å². The number of fused-ring (bicyclic) bond motifs is 1. The molecule has 1 heterocycles. The molecule has 0 saturated heterocycles. The third-order valence-electron chi connectivity index (χ3n) is 3.16. The summed E-state index contributed by atoms with van der Waals surface area (Å²) >= 11 is 0. The SMILES string of the molecule is CC(CC(C)(N)C(=O)O)n1cnc2ccccc21. The summed E-state index contributed by atoms with van der Waals surface area (Å²) in [6.07, 6.45) is 2.08. The first-order valence-corrected chi connectivity index (χ1v) is 5.85. The van der Waals surface area contributed by atoms with Gasteiger partial charge in [-0.25, -0.2) is 4.98 Å². The number of imidazole rings is 1. The number of hydrogen-bond donors (Lipinski definition) is 2. The number of nitrogens with two attached hydrogens (primary N) is 1. The molecular formula is C13H17N3O2. The van der Waals surface area contributed by atoms with E-state index in [0.29, 0.717) is 6.42 Å². The van der Waals surface area contributed by atoms with Gasteiger partial charge in [-0.15, -0.1) is 0 Å². The molecular weight excluding hydrogens is 230 g/mol. The van der Waals surface area contributed by atoms with Crippen LogP contribution in [0.4, 0.5) is 0 Å². The molecule has 18 heavy (non-hydrogen) atoms. The molecule has 2 aromatic rings. The lowest BCUT2D eigenvalue weighted by atomic mass is 9.95. The number of benzene rings is 1. The van der Waals surface area contributed by atoms with Crippen LogP contribution in [-0.4, -0.2) is 26.2 Å². The van der Waals surface area contributed by atoms with Crippen molar-refractivity contribution in [1.29, 1.82) is 0 Å². The predicted molar refractivity (Wildman–Crippen MR) is 69.3 cm³/mol. The molecule has 0 aliphatic rings. The van der Waals surface area contributed by atoms with Gasteiger partial charge in [0.25, 0.3) is 0 Å². The minimum Gasteiger partial charge on any atom is -0.480 e.